The van der Waals surface area contributed by atoms with Crippen LogP contribution in [0.5, 0.6) is 0 Å². The van der Waals surface area contributed by atoms with Gasteiger partial charge in [-0.1, -0.05) is 0 Å². The summed E-state index contributed by atoms with van der Waals surface area (Å²) in [5.41, 5.74) is 5.18. The molecule has 0 amide bonds. The molecule has 5 heteroatoms. The van der Waals surface area contributed by atoms with Gasteiger partial charge in [-0.2, -0.15) is 5.10 Å². The fourth-order valence-corrected chi connectivity index (χ4v) is 2.47. The van der Waals surface area contributed by atoms with Gasteiger partial charge in [-0.15, -0.1) is 0 Å². The molecule has 0 saturated heterocycles. The van der Waals surface area contributed by atoms with Crippen molar-refractivity contribution in [3.05, 3.63) is 15.9 Å². The molecule has 1 unspecified atom stereocenters. The van der Waals surface area contributed by atoms with E-state index in [0.717, 1.165) is 22.5 Å². The summed E-state index contributed by atoms with van der Waals surface area (Å²) >= 11 is 3.58. The van der Waals surface area contributed by atoms with Gasteiger partial charge in [0, 0.05) is 19.5 Å². The van der Waals surface area contributed by atoms with E-state index in [4.69, 9.17) is 5.84 Å². The lowest BCUT2D eigenvalue weighted by atomic mass is 10.1. The average Bonchev–Trinajstić information content (AvgIpc) is 2.98. The molecule has 0 spiro atoms. The van der Waals surface area contributed by atoms with Crippen molar-refractivity contribution >= 4 is 15.9 Å². The van der Waals surface area contributed by atoms with Crippen LogP contribution in [0.1, 0.15) is 24.2 Å². The minimum absolute atomic E-state index is 0.385. The quantitative estimate of drug-likeness (QED) is 0.641. The SMILES string of the molecule is Cc1nn(C)c(CC(NN)C2CC2)c1Br. The molecule has 84 valence electrons. The molecule has 1 aromatic heterocycles. The highest BCUT2D eigenvalue weighted by atomic mass is 79.9. The third-order valence-corrected chi connectivity index (χ3v) is 4.11. The molecule has 15 heavy (non-hydrogen) atoms. The van der Waals surface area contributed by atoms with Crippen LogP contribution in [-0.2, 0) is 13.5 Å². The number of aryl methyl sites for hydroxylation is 2. The molecule has 1 saturated carbocycles. The van der Waals surface area contributed by atoms with Crippen molar-refractivity contribution in [2.45, 2.75) is 32.2 Å². The molecular formula is C10H17BrN4. The van der Waals surface area contributed by atoms with Crippen LogP contribution in [-0.4, -0.2) is 15.8 Å². The van der Waals surface area contributed by atoms with E-state index in [2.05, 4.69) is 26.5 Å². The van der Waals surface area contributed by atoms with Crippen molar-refractivity contribution in [3.8, 4) is 0 Å². The zero-order valence-electron chi connectivity index (χ0n) is 9.13. The Morgan fingerprint density at radius 2 is 2.33 bits per heavy atom. The molecule has 3 N–H and O–H groups in total. The van der Waals surface area contributed by atoms with Gasteiger partial charge >= 0.3 is 0 Å². The molecule has 1 atom stereocenters. The van der Waals surface area contributed by atoms with E-state index >= 15 is 0 Å². The van der Waals surface area contributed by atoms with Crippen LogP contribution >= 0.6 is 15.9 Å². The Kier molecular flexibility index (Phi) is 3.13. The van der Waals surface area contributed by atoms with E-state index in [1.165, 1.54) is 18.5 Å². The predicted octanol–water partition coefficient (Wildman–Crippen LogP) is 1.28. The van der Waals surface area contributed by atoms with Gasteiger partial charge in [0.1, 0.15) is 0 Å². The molecule has 2 rings (SSSR count). The number of halogens is 1. The maximum absolute atomic E-state index is 5.57. The first-order valence-electron chi connectivity index (χ1n) is 5.27. The number of aromatic nitrogens is 2. The summed E-state index contributed by atoms with van der Waals surface area (Å²) in [7, 11) is 1.98. The Hall–Kier alpha value is -0.390. The molecule has 0 aliphatic heterocycles. The molecular weight excluding hydrogens is 256 g/mol. The fourth-order valence-electron chi connectivity index (χ4n) is 1.97. The van der Waals surface area contributed by atoms with Crippen molar-refractivity contribution in [1.29, 1.82) is 0 Å². The molecule has 0 aromatic carbocycles. The van der Waals surface area contributed by atoms with Crippen molar-refractivity contribution in [2.24, 2.45) is 18.8 Å². The highest BCUT2D eigenvalue weighted by Gasteiger charge is 2.31. The Bertz CT molecular complexity index is 357. The van der Waals surface area contributed by atoms with Gasteiger partial charge in [0.25, 0.3) is 0 Å². The second kappa shape index (κ2) is 4.23. The largest absolute Gasteiger partial charge is 0.271 e. The minimum atomic E-state index is 0.385. The molecule has 1 fully saturated rings. The minimum Gasteiger partial charge on any atom is -0.271 e. The third kappa shape index (κ3) is 2.24. The van der Waals surface area contributed by atoms with Crippen molar-refractivity contribution < 1.29 is 0 Å². The first-order valence-corrected chi connectivity index (χ1v) is 6.07. The van der Waals surface area contributed by atoms with Crippen LogP contribution in [0.25, 0.3) is 0 Å². The Morgan fingerprint density at radius 3 is 2.73 bits per heavy atom. The standard InChI is InChI=1S/C10H17BrN4/c1-6-10(11)9(15(2)14-6)5-8(13-12)7-3-4-7/h7-8,13H,3-5,12H2,1-2H3. The second-order valence-corrected chi connectivity index (χ2v) is 5.08. The topological polar surface area (TPSA) is 55.9 Å². The van der Waals surface area contributed by atoms with Crippen molar-refractivity contribution in [1.82, 2.24) is 15.2 Å². The van der Waals surface area contributed by atoms with Crippen LogP contribution in [0.15, 0.2) is 4.47 Å². The van der Waals surface area contributed by atoms with Crippen molar-refractivity contribution in [2.75, 3.05) is 0 Å². The van der Waals surface area contributed by atoms with E-state index < -0.39 is 0 Å². The van der Waals surface area contributed by atoms with Gasteiger partial charge in [0.15, 0.2) is 0 Å². The Labute approximate surface area is 98.3 Å². The van der Waals surface area contributed by atoms with Gasteiger partial charge in [-0.3, -0.25) is 16.0 Å². The first kappa shape index (κ1) is 11.1. The number of rotatable bonds is 4. The first-order chi connectivity index (χ1) is 7.13. The summed E-state index contributed by atoms with van der Waals surface area (Å²) in [6.07, 6.45) is 3.53. The van der Waals surface area contributed by atoms with E-state index in [1.807, 2.05) is 18.7 Å². The third-order valence-electron chi connectivity index (χ3n) is 3.08. The molecule has 1 aromatic rings. The number of hydrogen-bond donors (Lipinski definition) is 2. The van der Waals surface area contributed by atoms with Crippen molar-refractivity contribution in [3.63, 3.8) is 0 Å². The molecule has 1 aliphatic carbocycles. The fraction of sp³-hybridized carbons (Fsp3) is 0.700. The normalized spacial score (nSPS) is 18.1. The zero-order valence-corrected chi connectivity index (χ0v) is 10.7. The van der Waals surface area contributed by atoms with Gasteiger partial charge in [-0.05, 0) is 41.6 Å². The van der Waals surface area contributed by atoms with Gasteiger partial charge in [-0.25, -0.2) is 0 Å². The maximum Gasteiger partial charge on any atom is 0.0738 e. The molecule has 1 aliphatic rings. The monoisotopic (exact) mass is 272 g/mol. The van der Waals surface area contributed by atoms with E-state index in [1.54, 1.807) is 0 Å². The zero-order chi connectivity index (χ0) is 11.0. The number of nitrogens with two attached hydrogens (primary N) is 1. The van der Waals surface area contributed by atoms with Gasteiger partial charge < -0.3 is 0 Å². The lowest BCUT2D eigenvalue weighted by Crippen LogP contribution is -2.38. The summed E-state index contributed by atoms with van der Waals surface area (Å²) < 4.78 is 3.05. The second-order valence-electron chi connectivity index (χ2n) is 4.28. The molecule has 4 nitrogen and oxygen atoms in total. The number of hydrazine groups is 1. The summed E-state index contributed by atoms with van der Waals surface area (Å²) in [5, 5.41) is 4.38. The number of nitrogens with one attached hydrogen (secondary N) is 1. The van der Waals surface area contributed by atoms with Crippen LogP contribution in [0.4, 0.5) is 0 Å². The predicted molar refractivity (Wildman–Crippen MR) is 63.2 cm³/mol. The molecule has 1 heterocycles. The average molecular weight is 273 g/mol. The highest BCUT2D eigenvalue weighted by Crippen LogP contribution is 2.34. The lowest BCUT2D eigenvalue weighted by molar-refractivity contribution is 0.459. The van der Waals surface area contributed by atoms with E-state index in [-0.39, 0.29) is 0 Å². The maximum atomic E-state index is 5.57. The van der Waals surface area contributed by atoms with E-state index in [9.17, 15) is 0 Å². The van der Waals surface area contributed by atoms with Crippen LogP contribution < -0.4 is 11.3 Å². The molecule has 0 bridgehead atoms. The van der Waals surface area contributed by atoms with Gasteiger partial charge in [0.2, 0.25) is 0 Å². The van der Waals surface area contributed by atoms with E-state index in [0.29, 0.717) is 6.04 Å². The Morgan fingerprint density at radius 1 is 1.67 bits per heavy atom. The lowest BCUT2D eigenvalue weighted by Gasteiger charge is -2.15. The molecule has 0 radical (unpaired) electrons. The highest BCUT2D eigenvalue weighted by molar-refractivity contribution is 9.10. The smallest absolute Gasteiger partial charge is 0.0738 e. The Balaban J connectivity index is 2.14. The van der Waals surface area contributed by atoms with Crippen LogP contribution in [0.2, 0.25) is 0 Å². The summed E-state index contributed by atoms with van der Waals surface area (Å²) in [6.45, 7) is 2.01. The number of hydrogen-bond acceptors (Lipinski definition) is 3. The summed E-state index contributed by atoms with van der Waals surface area (Å²) in [6, 6.07) is 0.385. The van der Waals surface area contributed by atoms with Gasteiger partial charge in [0.05, 0.1) is 15.9 Å². The van der Waals surface area contributed by atoms with Crippen LogP contribution in [0.3, 0.4) is 0 Å². The number of nitrogens with zero attached hydrogens (tertiary/aromatic N) is 2. The summed E-state index contributed by atoms with van der Waals surface area (Å²) in [4.78, 5) is 0. The van der Waals surface area contributed by atoms with Crippen LogP contribution in [0, 0.1) is 12.8 Å². The summed E-state index contributed by atoms with van der Waals surface area (Å²) in [5.74, 6) is 6.32.